The molecule has 8 heteroatoms. The number of sulfone groups is 1. The fourth-order valence-electron chi connectivity index (χ4n) is 1.67. The maximum Gasteiger partial charge on any atom is 0.256 e. The van der Waals surface area contributed by atoms with Crippen molar-refractivity contribution in [1.82, 2.24) is 10.3 Å². The lowest BCUT2D eigenvalue weighted by atomic mass is 10.3. The first-order valence-electron chi connectivity index (χ1n) is 6.43. The Morgan fingerprint density at radius 3 is 2.86 bits per heavy atom. The molecule has 0 atom stereocenters. The van der Waals surface area contributed by atoms with Gasteiger partial charge in [-0.3, -0.25) is 4.79 Å². The van der Waals surface area contributed by atoms with Crippen molar-refractivity contribution in [2.75, 3.05) is 18.1 Å². The van der Waals surface area contributed by atoms with Crippen LogP contribution in [0.4, 0.5) is 0 Å². The fourth-order valence-corrected chi connectivity index (χ4v) is 3.26. The van der Waals surface area contributed by atoms with Gasteiger partial charge in [0.15, 0.2) is 15.4 Å². The van der Waals surface area contributed by atoms with Crippen molar-refractivity contribution >= 4 is 38.6 Å². The molecule has 0 aliphatic heterocycles. The van der Waals surface area contributed by atoms with Crippen molar-refractivity contribution in [3.05, 3.63) is 18.2 Å². The molecule has 0 aliphatic rings. The van der Waals surface area contributed by atoms with E-state index >= 15 is 0 Å². The average molecular weight is 328 g/mol. The topological polar surface area (TPSA) is 89.3 Å². The van der Waals surface area contributed by atoms with Crippen molar-refractivity contribution in [3.63, 3.8) is 0 Å². The first kappa shape index (κ1) is 15.8. The molecular formula is C13H16N2O4S2. The van der Waals surface area contributed by atoms with Crippen molar-refractivity contribution in [2.45, 2.75) is 24.0 Å². The number of amides is 1. The van der Waals surface area contributed by atoms with Crippen molar-refractivity contribution in [1.29, 1.82) is 0 Å². The van der Waals surface area contributed by atoms with E-state index in [9.17, 15) is 13.2 Å². The second-order valence-corrected chi connectivity index (χ2v) is 7.67. The van der Waals surface area contributed by atoms with Crippen LogP contribution in [0, 0.1) is 0 Å². The molecule has 1 aromatic heterocycles. The van der Waals surface area contributed by atoms with Gasteiger partial charge in [-0.15, -0.1) is 0 Å². The van der Waals surface area contributed by atoms with Crippen LogP contribution >= 0.6 is 11.8 Å². The highest BCUT2D eigenvalue weighted by atomic mass is 32.2. The maximum atomic E-state index is 11.8. The molecule has 0 saturated heterocycles. The van der Waals surface area contributed by atoms with Crippen LogP contribution in [0.3, 0.4) is 0 Å². The number of hydrogen-bond donors (Lipinski definition) is 1. The van der Waals surface area contributed by atoms with Crippen LogP contribution in [0.25, 0.3) is 11.1 Å². The second-order valence-electron chi connectivity index (χ2n) is 4.34. The summed E-state index contributed by atoms with van der Waals surface area (Å²) in [6.07, 6.45) is 0. The molecule has 0 fully saturated rings. The van der Waals surface area contributed by atoms with Gasteiger partial charge in [-0.25, -0.2) is 13.4 Å². The summed E-state index contributed by atoms with van der Waals surface area (Å²) in [6, 6.07) is 4.66. The van der Waals surface area contributed by atoms with Gasteiger partial charge in [0, 0.05) is 19.2 Å². The predicted octanol–water partition coefficient (Wildman–Crippen LogP) is 1.85. The van der Waals surface area contributed by atoms with E-state index in [1.807, 2.05) is 0 Å². The molecule has 0 aliphatic carbocycles. The standard InChI is InChI=1S/C13H16N2O4S2/c1-3-21(17,18)10-4-5-12-11(8-10)15-13(19-12)20-7-6-14-9(2)16/h4-5,8H,3,6-7H2,1-2H3,(H,14,16). The Kier molecular flexibility index (Phi) is 4.89. The molecule has 0 spiro atoms. The van der Waals surface area contributed by atoms with E-state index in [2.05, 4.69) is 10.3 Å². The summed E-state index contributed by atoms with van der Waals surface area (Å²) < 4.78 is 29.2. The number of rotatable bonds is 6. The van der Waals surface area contributed by atoms with Crippen LogP contribution in [0.15, 0.2) is 32.7 Å². The quantitative estimate of drug-likeness (QED) is 0.643. The highest BCUT2D eigenvalue weighted by Crippen LogP contribution is 2.25. The van der Waals surface area contributed by atoms with E-state index in [1.165, 1.54) is 30.8 Å². The third-order valence-corrected chi connectivity index (χ3v) is 5.34. The lowest BCUT2D eigenvalue weighted by Gasteiger charge is -1.99. The minimum Gasteiger partial charge on any atom is -0.431 e. The summed E-state index contributed by atoms with van der Waals surface area (Å²) in [5, 5.41) is 3.14. The Labute approximate surface area is 127 Å². The number of thioether (sulfide) groups is 1. The van der Waals surface area contributed by atoms with Gasteiger partial charge in [0.1, 0.15) is 5.52 Å². The van der Waals surface area contributed by atoms with Gasteiger partial charge in [0.05, 0.1) is 10.6 Å². The zero-order valence-electron chi connectivity index (χ0n) is 11.8. The number of benzene rings is 1. The summed E-state index contributed by atoms with van der Waals surface area (Å²) >= 11 is 1.37. The van der Waals surface area contributed by atoms with Gasteiger partial charge in [0.25, 0.3) is 5.22 Å². The van der Waals surface area contributed by atoms with Crippen LogP contribution in [-0.2, 0) is 14.6 Å². The normalized spacial score (nSPS) is 11.7. The summed E-state index contributed by atoms with van der Waals surface area (Å²) in [6.45, 7) is 3.58. The van der Waals surface area contributed by atoms with Gasteiger partial charge in [0.2, 0.25) is 5.91 Å². The van der Waals surface area contributed by atoms with Gasteiger partial charge in [-0.05, 0) is 18.2 Å². The van der Waals surface area contributed by atoms with E-state index in [1.54, 1.807) is 13.0 Å². The van der Waals surface area contributed by atoms with Gasteiger partial charge in [-0.1, -0.05) is 18.7 Å². The minimum atomic E-state index is -3.25. The molecule has 1 aromatic carbocycles. The van der Waals surface area contributed by atoms with E-state index in [-0.39, 0.29) is 16.6 Å². The van der Waals surface area contributed by atoms with Crippen molar-refractivity contribution < 1.29 is 17.6 Å². The number of carbonyl (C=O) groups is 1. The van der Waals surface area contributed by atoms with Crippen LogP contribution in [0.1, 0.15) is 13.8 Å². The molecule has 0 radical (unpaired) electrons. The molecule has 6 nitrogen and oxygen atoms in total. The monoisotopic (exact) mass is 328 g/mol. The number of nitrogens with zero attached hydrogens (tertiary/aromatic N) is 1. The van der Waals surface area contributed by atoms with Crippen LogP contribution < -0.4 is 5.32 Å². The smallest absolute Gasteiger partial charge is 0.256 e. The number of nitrogens with one attached hydrogen (secondary N) is 1. The molecule has 2 aromatic rings. The molecule has 21 heavy (non-hydrogen) atoms. The molecule has 0 saturated carbocycles. The highest BCUT2D eigenvalue weighted by Gasteiger charge is 2.14. The highest BCUT2D eigenvalue weighted by molar-refractivity contribution is 7.99. The maximum absolute atomic E-state index is 11.8. The number of aromatic nitrogens is 1. The number of hydrogen-bond acceptors (Lipinski definition) is 6. The Morgan fingerprint density at radius 2 is 2.19 bits per heavy atom. The van der Waals surface area contributed by atoms with Crippen LogP contribution in [0.5, 0.6) is 0 Å². The second kappa shape index (κ2) is 6.48. The van der Waals surface area contributed by atoms with E-state index in [0.29, 0.717) is 28.6 Å². The number of carbonyl (C=O) groups excluding carboxylic acids is 1. The zero-order valence-corrected chi connectivity index (χ0v) is 13.4. The third kappa shape index (κ3) is 3.98. The first-order valence-corrected chi connectivity index (χ1v) is 9.07. The largest absolute Gasteiger partial charge is 0.431 e. The SMILES string of the molecule is CCS(=O)(=O)c1ccc2oc(SCCNC(C)=O)nc2c1. The predicted molar refractivity (Wildman–Crippen MR) is 81.1 cm³/mol. The van der Waals surface area contributed by atoms with E-state index in [4.69, 9.17) is 4.42 Å². The first-order chi connectivity index (χ1) is 9.92. The minimum absolute atomic E-state index is 0.0503. The van der Waals surface area contributed by atoms with Gasteiger partial charge >= 0.3 is 0 Å². The number of fused-ring (bicyclic) bond motifs is 1. The summed E-state index contributed by atoms with van der Waals surface area (Å²) in [5.41, 5.74) is 1.07. The molecule has 2 rings (SSSR count). The summed E-state index contributed by atoms with van der Waals surface area (Å²) in [7, 11) is -3.25. The molecular weight excluding hydrogens is 312 g/mol. The van der Waals surface area contributed by atoms with Crippen molar-refractivity contribution in [2.24, 2.45) is 0 Å². The van der Waals surface area contributed by atoms with E-state index in [0.717, 1.165) is 0 Å². The van der Waals surface area contributed by atoms with Crippen LogP contribution in [0.2, 0.25) is 0 Å². The molecule has 0 unspecified atom stereocenters. The lowest BCUT2D eigenvalue weighted by molar-refractivity contribution is -0.118. The lowest BCUT2D eigenvalue weighted by Crippen LogP contribution is -2.22. The molecule has 1 amide bonds. The van der Waals surface area contributed by atoms with Crippen molar-refractivity contribution in [3.8, 4) is 0 Å². The van der Waals surface area contributed by atoms with Gasteiger partial charge < -0.3 is 9.73 Å². The Balaban J connectivity index is 2.13. The third-order valence-electron chi connectivity index (χ3n) is 2.78. The molecule has 1 N–H and O–H groups in total. The number of oxazole rings is 1. The zero-order chi connectivity index (χ0) is 15.5. The van der Waals surface area contributed by atoms with Crippen LogP contribution in [-0.4, -0.2) is 37.4 Å². The molecule has 1 heterocycles. The average Bonchev–Trinajstić information content (AvgIpc) is 2.85. The summed E-state index contributed by atoms with van der Waals surface area (Å²) in [5.74, 6) is 0.601. The fraction of sp³-hybridized carbons (Fsp3) is 0.385. The van der Waals surface area contributed by atoms with E-state index < -0.39 is 9.84 Å². The summed E-state index contributed by atoms with van der Waals surface area (Å²) in [4.78, 5) is 15.2. The Morgan fingerprint density at radius 1 is 1.43 bits per heavy atom. The molecule has 0 bridgehead atoms. The Hall–Kier alpha value is -1.54. The Bertz CT molecular complexity index is 753. The van der Waals surface area contributed by atoms with Gasteiger partial charge in [-0.2, -0.15) is 0 Å². The molecule has 114 valence electrons.